The SMILES string of the molecule is COC(CNC(=O)c1sc2nc(-c3ccccc3)ccc2c1N)OC. The monoisotopic (exact) mass is 357 g/mol. The van der Waals surface area contributed by atoms with E-state index in [9.17, 15) is 4.79 Å². The van der Waals surface area contributed by atoms with Crippen LogP contribution in [0.15, 0.2) is 42.5 Å². The summed E-state index contributed by atoms with van der Waals surface area (Å²) in [6.45, 7) is 0.238. The van der Waals surface area contributed by atoms with Gasteiger partial charge in [-0.3, -0.25) is 4.79 Å². The van der Waals surface area contributed by atoms with Gasteiger partial charge in [0.15, 0.2) is 6.29 Å². The zero-order valence-electron chi connectivity index (χ0n) is 14.0. The molecule has 1 aromatic carbocycles. The number of aromatic nitrogens is 1. The number of methoxy groups -OCH3 is 2. The van der Waals surface area contributed by atoms with E-state index in [0.29, 0.717) is 10.6 Å². The number of fused-ring (bicyclic) bond motifs is 1. The summed E-state index contributed by atoms with van der Waals surface area (Å²) in [6, 6.07) is 13.7. The third-order valence-corrected chi connectivity index (χ3v) is 4.94. The van der Waals surface area contributed by atoms with Gasteiger partial charge in [0.25, 0.3) is 5.91 Å². The summed E-state index contributed by atoms with van der Waals surface area (Å²) >= 11 is 1.28. The average molecular weight is 357 g/mol. The minimum atomic E-state index is -0.498. The molecule has 130 valence electrons. The van der Waals surface area contributed by atoms with Crippen LogP contribution in [-0.4, -0.2) is 37.9 Å². The highest BCUT2D eigenvalue weighted by molar-refractivity contribution is 7.21. The number of hydrogen-bond acceptors (Lipinski definition) is 6. The zero-order valence-corrected chi connectivity index (χ0v) is 14.8. The molecule has 0 aliphatic carbocycles. The number of nitrogens with one attached hydrogen (secondary N) is 1. The van der Waals surface area contributed by atoms with E-state index in [0.717, 1.165) is 21.5 Å². The van der Waals surface area contributed by atoms with Crippen molar-refractivity contribution in [1.29, 1.82) is 0 Å². The van der Waals surface area contributed by atoms with Crippen LogP contribution in [-0.2, 0) is 9.47 Å². The van der Waals surface area contributed by atoms with Crippen LogP contribution in [0.2, 0.25) is 0 Å². The number of carbonyl (C=O) groups excluding carboxylic acids is 1. The first-order valence-electron chi connectivity index (χ1n) is 7.72. The summed E-state index contributed by atoms with van der Waals surface area (Å²) < 4.78 is 10.1. The van der Waals surface area contributed by atoms with Gasteiger partial charge in [0.2, 0.25) is 0 Å². The van der Waals surface area contributed by atoms with E-state index >= 15 is 0 Å². The summed E-state index contributed by atoms with van der Waals surface area (Å²) in [6.07, 6.45) is -0.498. The Morgan fingerprint density at radius 3 is 2.60 bits per heavy atom. The predicted octanol–water partition coefficient (Wildman–Crippen LogP) is 2.89. The molecule has 2 aromatic heterocycles. The molecule has 2 heterocycles. The molecule has 0 saturated heterocycles. The summed E-state index contributed by atoms with van der Waals surface area (Å²) in [5.74, 6) is -0.263. The van der Waals surface area contributed by atoms with Gasteiger partial charge in [0.1, 0.15) is 9.71 Å². The van der Waals surface area contributed by atoms with Crippen molar-refractivity contribution in [2.75, 3.05) is 26.5 Å². The molecule has 25 heavy (non-hydrogen) atoms. The molecule has 7 heteroatoms. The first-order chi connectivity index (χ1) is 12.1. The standard InChI is InChI=1S/C18H19N3O3S/c1-23-14(24-2)10-20-17(22)16-15(19)12-8-9-13(21-18(12)25-16)11-6-4-3-5-7-11/h3-9,14H,10,19H2,1-2H3,(H,20,22). The van der Waals surface area contributed by atoms with Crippen LogP contribution in [0, 0.1) is 0 Å². The summed E-state index contributed by atoms with van der Waals surface area (Å²) in [4.78, 5) is 18.2. The van der Waals surface area contributed by atoms with Crippen LogP contribution in [0.4, 0.5) is 5.69 Å². The second kappa shape index (κ2) is 7.60. The Hall–Kier alpha value is -2.48. The van der Waals surface area contributed by atoms with Gasteiger partial charge < -0.3 is 20.5 Å². The molecular weight excluding hydrogens is 338 g/mol. The molecule has 0 bridgehead atoms. The number of anilines is 1. The summed E-state index contributed by atoms with van der Waals surface area (Å²) in [7, 11) is 3.03. The minimum absolute atomic E-state index is 0.238. The number of thiophene rings is 1. The Labute approximate surface area is 149 Å². The third-order valence-electron chi connectivity index (χ3n) is 3.82. The third kappa shape index (κ3) is 3.63. The van der Waals surface area contributed by atoms with Crippen molar-refractivity contribution in [3.8, 4) is 11.3 Å². The quantitative estimate of drug-likeness (QED) is 0.663. The van der Waals surface area contributed by atoms with Crippen LogP contribution in [0.3, 0.4) is 0 Å². The summed E-state index contributed by atoms with van der Waals surface area (Å²) in [5.41, 5.74) is 8.45. The molecule has 0 radical (unpaired) electrons. The van der Waals surface area contributed by atoms with Crippen molar-refractivity contribution in [1.82, 2.24) is 10.3 Å². The van der Waals surface area contributed by atoms with Gasteiger partial charge in [-0.05, 0) is 12.1 Å². The maximum absolute atomic E-state index is 12.4. The smallest absolute Gasteiger partial charge is 0.263 e. The van der Waals surface area contributed by atoms with Crippen LogP contribution >= 0.6 is 11.3 Å². The van der Waals surface area contributed by atoms with Crippen molar-refractivity contribution in [2.24, 2.45) is 0 Å². The number of pyridine rings is 1. The molecule has 1 amide bonds. The second-order valence-corrected chi connectivity index (χ2v) is 6.37. The first-order valence-corrected chi connectivity index (χ1v) is 8.54. The fourth-order valence-electron chi connectivity index (χ4n) is 2.45. The number of nitrogens with two attached hydrogens (primary N) is 1. The molecule has 0 saturated carbocycles. The number of rotatable bonds is 6. The van der Waals surface area contributed by atoms with Crippen molar-refractivity contribution in [2.45, 2.75) is 6.29 Å². The van der Waals surface area contributed by atoms with Crippen LogP contribution in [0.1, 0.15) is 9.67 Å². The van der Waals surface area contributed by atoms with Gasteiger partial charge in [-0.1, -0.05) is 30.3 Å². The lowest BCUT2D eigenvalue weighted by atomic mass is 10.1. The normalized spacial score (nSPS) is 11.2. The molecule has 0 aliphatic rings. The lowest BCUT2D eigenvalue weighted by Gasteiger charge is -2.13. The lowest BCUT2D eigenvalue weighted by molar-refractivity contribution is -0.0974. The topological polar surface area (TPSA) is 86.5 Å². The van der Waals surface area contributed by atoms with E-state index in [1.165, 1.54) is 25.6 Å². The Kier molecular flexibility index (Phi) is 5.28. The maximum Gasteiger partial charge on any atom is 0.263 e. The van der Waals surface area contributed by atoms with E-state index < -0.39 is 6.29 Å². The highest BCUT2D eigenvalue weighted by atomic mass is 32.1. The molecule has 0 aliphatic heterocycles. The molecule has 0 atom stereocenters. The van der Waals surface area contributed by atoms with E-state index in [2.05, 4.69) is 10.3 Å². The van der Waals surface area contributed by atoms with Gasteiger partial charge in [-0.25, -0.2) is 4.98 Å². The first kappa shape index (κ1) is 17.3. The van der Waals surface area contributed by atoms with Gasteiger partial charge in [-0.15, -0.1) is 11.3 Å². The van der Waals surface area contributed by atoms with E-state index in [1.807, 2.05) is 42.5 Å². The second-order valence-electron chi connectivity index (χ2n) is 5.37. The van der Waals surface area contributed by atoms with Crippen molar-refractivity contribution in [3.63, 3.8) is 0 Å². The molecule has 0 fully saturated rings. The van der Waals surface area contributed by atoms with E-state index in [1.54, 1.807) is 0 Å². The van der Waals surface area contributed by atoms with Gasteiger partial charge >= 0.3 is 0 Å². The zero-order chi connectivity index (χ0) is 17.8. The fraction of sp³-hybridized carbons (Fsp3) is 0.222. The average Bonchev–Trinajstić information content (AvgIpc) is 2.99. The van der Waals surface area contributed by atoms with E-state index in [-0.39, 0.29) is 12.5 Å². The van der Waals surface area contributed by atoms with Gasteiger partial charge in [-0.2, -0.15) is 0 Å². The Balaban J connectivity index is 1.87. The van der Waals surface area contributed by atoms with Crippen molar-refractivity contribution >= 4 is 33.1 Å². The molecule has 3 aromatic rings. The van der Waals surface area contributed by atoms with Crippen LogP contribution in [0.5, 0.6) is 0 Å². The molecule has 0 spiro atoms. The fourth-order valence-corrected chi connectivity index (χ4v) is 3.46. The number of hydrogen-bond donors (Lipinski definition) is 2. The van der Waals surface area contributed by atoms with Crippen molar-refractivity contribution < 1.29 is 14.3 Å². The van der Waals surface area contributed by atoms with Gasteiger partial charge in [0, 0.05) is 25.2 Å². The predicted molar refractivity (Wildman–Crippen MR) is 99.6 cm³/mol. The molecular formula is C18H19N3O3S. The highest BCUT2D eigenvalue weighted by Crippen LogP contribution is 2.34. The summed E-state index contributed by atoms with van der Waals surface area (Å²) in [5, 5.41) is 3.54. The Morgan fingerprint density at radius 1 is 1.20 bits per heavy atom. The number of carbonyl (C=O) groups is 1. The number of benzene rings is 1. The van der Waals surface area contributed by atoms with Crippen molar-refractivity contribution in [3.05, 3.63) is 47.3 Å². The lowest BCUT2D eigenvalue weighted by Crippen LogP contribution is -2.34. The Bertz CT molecular complexity index is 876. The number of ether oxygens (including phenoxy) is 2. The molecule has 3 rings (SSSR count). The maximum atomic E-state index is 12.4. The van der Waals surface area contributed by atoms with E-state index in [4.69, 9.17) is 15.2 Å². The molecule has 0 unspecified atom stereocenters. The highest BCUT2D eigenvalue weighted by Gasteiger charge is 2.18. The number of nitrogen functional groups attached to an aromatic ring is 1. The van der Waals surface area contributed by atoms with Crippen LogP contribution in [0.25, 0.3) is 21.5 Å². The van der Waals surface area contributed by atoms with Gasteiger partial charge in [0.05, 0.1) is 17.9 Å². The van der Waals surface area contributed by atoms with Crippen LogP contribution < -0.4 is 11.1 Å². The largest absolute Gasteiger partial charge is 0.397 e. The Morgan fingerprint density at radius 2 is 1.92 bits per heavy atom. The number of amides is 1. The molecule has 6 nitrogen and oxygen atoms in total. The minimum Gasteiger partial charge on any atom is -0.397 e. The number of nitrogens with zero attached hydrogens (tertiary/aromatic N) is 1. The molecule has 3 N–H and O–H groups in total.